The van der Waals surface area contributed by atoms with Gasteiger partial charge in [0.15, 0.2) is 6.61 Å². The first-order chi connectivity index (χ1) is 12.4. The van der Waals surface area contributed by atoms with Gasteiger partial charge in [-0.3, -0.25) is 14.9 Å². The Morgan fingerprint density at radius 3 is 2.58 bits per heavy atom. The van der Waals surface area contributed by atoms with Gasteiger partial charge in [0.25, 0.3) is 11.8 Å². The van der Waals surface area contributed by atoms with E-state index >= 15 is 0 Å². The molecule has 1 unspecified atom stereocenters. The fraction of sp³-hybridized carbons (Fsp3) is 0.167. The van der Waals surface area contributed by atoms with E-state index < -0.39 is 17.5 Å². The summed E-state index contributed by atoms with van der Waals surface area (Å²) in [5.41, 5.74) is -0.0960. The van der Waals surface area contributed by atoms with E-state index in [1.165, 1.54) is 0 Å². The average molecular weight is 465 g/mol. The van der Waals surface area contributed by atoms with Crippen LogP contribution in [0.1, 0.15) is 12.5 Å². The van der Waals surface area contributed by atoms with Crippen LogP contribution in [0.25, 0.3) is 0 Å². The van der Waals surface area contributed by atoms with E-state index in [0.29, 0.717) is 17.0 Å². The summed E-state index contributed by atoms with van der Waals surface area (Å²) >= 11 is 2.19. The van der Waals surface area contributed by atoms with Crippen molar-refractivity contribution in [1.29, 1.82) is 0 Å². The molecule has 3 rings (SSSR count). The van der Waals surface area contributed by atoms with Crippen molar-refractivity contribution < 1.29 is 19.1 Å². The Morgan fingerprint density at radius 2 is 1.92 bits per heavy atom. The van der Waals surface area contributed by atoms with Crippen molar-refractivity contribution in [2.45, 2.75) is 12.5 Å². The molecular weight excluding hydrogens is 449 g/mol. The third kappa shape index (κ3) is 3.96. The fourth-order valence-electron chi connectivity index (χ4n) is 2.53. The second kappa shape index (κ2) is 7.32. The van der Waals surface area contributed by atoms with Crippen LogP contribution in [0.4, 0.5) is 10.5 Å². The van der Waals surface area contributed by atoms with Crippen molar-refractivity contribution >= 4 is 46.1 Å². The summed E-state index contributed by atoms with van der Waals surface area (Å²) in [5, 5.41) is 7.52. The number of carbonyl (C=O) groups excluding carboxylic acids is 3. The van der Waals surface area contributed by atoms with Crippen molar-refractivity contribution in [1.82, 2.24) is 10.6 Å². The SMILES string of the molecule is CC1(c2cccc(NC(=O)COc3ccc(I)cc3)c2)NC(=O)NC1=O. The van der Waals surface area contributed by atoms with Crippen LogP contribution in [0.3, 0.4) is 0 Å². The van der Waals surface area contributed by atoms with Crippen LogP contribution in [0.15, 0.2) is 48.5 Å². The van der Waals surface area contributed by atoms with Crippen LogP contribution in [0.5, 0.6) is 5.75 Å². The molecule has 134 valence electrons. The molecule has 0 aliphatic carbocycles. The number of anilines is 1. The first-order valence-electron chi connectivity index (χ1n) is 7.79. The Kier molecular flexibility index (Phi) is 5.12. The maximum absolute atomic E-state index is 12.1. The Labute approximate surface area is 163 Å². The van der Waals surface area contributed by atoms with E-state index in [0.717, 1.165) is 3.57 Å². The first-order valence-corrected chi connectivity index (χ1v) is 8.87. The van der Waals surface area contributed by atoms with Gasteiger partial charge in [-0.1, -0.05) is 12.1 Å². The van der Waals surface area contributed by atoms with Crippen LogP contribution in [0, 0.1) is 3.57 Å². The zero-order valence-electron chi connectivity index (χ0n) is 13.8. The first kappa shape index (κ1) is 18.2. The van der Waals surface area contributed by atoms with Gasteiger partial charge in [-0.25, -0.2) is 4.79 Å². The summed E-state index contributed by atoms with van der Waals surface area (Å²) in [6.07, 6.45) is 0. The molecule has 3 N–H and O–H groups in total. The third-order valence-electron chi connectivity index (χ3n) is 3.95. The van der Waals surface area contributed by atoms with Crippen molar-refractivity contribution in [3.8, 4) is 5.75 Å². The van der Waals surface area contributed by atoms with Crippen LogP contribution in [-0.2, 0) is 15.1 Å². The minimum atomic E-state index is -1.17. The molecule has 4 amide bonds. The molecule has 0 bridgehead atoms. The molecule has 8 heteroatoms. The van der Waals surface area contributed by atoms with Gasteiger partial charge in [-0.15, -0.1) is 0 Å². The number of hydrogen-bond acceptors (Lipinski definition) is 4. The number of ether oxygens (including phenoxy) is 1. The monoisotopic (exact) mass is 465 g/mol. The maximum atomic E-state index is 12.1. The fourth-order valence-corrected chi connectivity index (χ4v) is 2.89. The van der Waals surface area contributed by atoms with E-state index in [9.17, 15) is 14.4 Å². The van der Waals surface area contributed by atoms with Gasteiger partial charge in [0.05, 0.1) is 0 Å². The highest BCUT2D eigenvalue weighted by Crippen LogP contribution is 2.26. The maximum Gasteiger partial charge on any atom is 0.322 e. The zero-order chi connectivity index (χ0) is 18.7. The van der Waals surface area contributed by atoms with Gasteiger partial charge in [0.2, 0.25) is 0 Å². The molecule has 1 atom stereocenters. The van der Waals surface area contributed by atoms with E-state index in [1.807, 2.05) is 12.1 Å². The Morgan fingerprint density at radius 1 is 1.19 bits per heavy atom. The average Bonchev–Trinajstić information content (AvgIpc) is 2.88. The highest BCUT2D eigenvalue weighted by atomic mass is 127. The molecule has 1 heterocycles. The molecule has 7 nitrogen and oxygen atoms in total. The van der Waals surface area contributed by atoms with Crippen LogP contribution < -0.4 is 20.7 Å². The molecule has 1 aliphatic heterocycles. The summed E-state index contributed by atoms with van der Waals surface area (Å²) in [4.78, 5) is 35.5. The number of rotatable bonds is 5. The van der Waals surface area contributed by atoms with Gasteiger partial charge >= 0.3 is 6.03 Å². The Bertz CT molecular complexity index is 869. The van der Waals surface area contributed by atoms with Crippen LogP contribution in [-0.4, -0.2) is 24.5 Å². The van der Waals surface area contributed by atoms with Gasteiger partial charge in [-0.05, 0) is 71.5 Å². The predicted octanol–water partition coefficient (Wildman–Crippen LogP) is 2.36. The third-order valence-corrected chi connectivity index (χ3v) is 4.67. The number of benzene rings is 2. The minimum absolute atomic E-state index is 0.140. The quantitative estimate of drug-likeness (QED) is 0.467. The molecular formula is C18H16IN3O4. The lowest BCUT2D eigenvalue weighted by Gasteiger charge is -2.21. The predicted molar refractivity (Wildman–Crippen MR) is 104 cm³/mol. The van der Waals surface area contributed by atoms with Crippen LogP contribution >= 0.6 is 22.6 Å². The number of nitrogens with one attached hydrogen (secondary N) is 3. The topological polar surface area (TPSA) is 96.5 Å². The smallest absolute Gasteiger partial charge is 0.322 e. The van der Waals surface area contributed by atoms with Crippen molar-refractivity contribution in [3.63, 3.8) is 0 Å². The summed E-state index contributed by atoms with van der Waals surface area (Å²) in [5.74, 6) is -0.161. The van der Waals surface area contributed by atoms with Crippen molar-refractivity contribution in [3.05, 3.63) is 57.7 Å². The molecule has 1 aliphatic rings. The summed E-state index contributed by atoms with van der Waals surface area (Å²) < 4.78 is 6.52. The number of amides is 4. The summed E-state index contributed by atoms with van der Waals surface area (Å²) in [7, 11) is 0. The van der Waals surface area contributed by atoms with Crippen molar-refractivity contribution in [2.75, 3.05) is 11.9 Å². The molecule has 0 radical (unpaired) electrons. The second-order valence-corrected chi connectivity index (χ2v) is 7.15. The van der Waals surface area contributed by atoms with Gasteiger partial charge in [0.1, 0.15) is 11.3 Å². The molecule has 1 fully saturated rings. The number of hydrogen-bond donors (Lipinski definition) is 3. The minimum Gasteiger partial charge on any atom is -0.484 e. The molecule has 2 aromatic rings. The molecule has 1 saturated heterocycles. The number of urea groups is 1. The lowest BCUT2D eigenvalue weighted by Crippen LogP contribution is -2.40. The highest BCUT2D eigenvalue weighted by molar-refractivity contribution is 14.1. The Balaban J connectivity index is 1.65. The number of imide groups is 1. The second-order valence-electron chi connectivity index (χ2n) is 5.90. The normalized spacial score (nSPS) is 18.8. The van der Waals surface area contributed by atoms with Gasteiger partial charge in [-0.2, -0.15) is 0 Å². The molecule has 0 spiro atoms. The molecule has 0 aromatic heterocycles. The lowest BCUT2D eigenvalue weighted by molar-refractivity contribution is -0.123. The Hall–Kier alpha value is -2.62. The zero-order valence-corrected chi connectivity index (χ0v) is 16.0. The number of halogens is 1. The highest BCUT2D eigenvalue weighted by Gasteiger charge is 2.43. The van der Waals surface area contributed by atoms with E-state index in [1.54, 1.807) is 43.3 Å². The summed E-state index contributed by atoms with van der Waals surface area (Å²) in [6, 6.07) is 13.6. The molecule has 0 saturated carbocycles. The van der Waals surface area contributed by atoms with E-state index in [2.05, 4.69) is 38.5 Å². The largest absolute Gasteiger partial charge is 0.484 e. The molecule has 2 aromatic carbocycles. The van der Waals surface area contributed by atoms with Crippen molar-refractivity contribution in [2.24, 2.45) is 0 Å². The molecule has 26 heavy (non-hydrogen) atoms. The summed E-state index contributed by atoms with van der Waals surface area (Å²) in [6.45, 7) is 1.47. The van der Waals surface area contributed by atoms with Crippen LogP contribution in [0.2, 0.25) is 0 Å². The standard InChI is InChI=1S/C18H16IN3O4/c1-18(16(24)21-17(25)22-18)11-3-2-4-13(9-11)20-15(23)10-26-14-7-5-12(19)6-8-14/h2-9H,10H2,1H3,(H,20,23)(H2,21,22,24,25). The lowest BCUT2D eigenvalue weighted by atomic mass is 9.92. The van der Waals surface area contributed by atoms with Gasteiger partial charge < -0.3 is 15.4 Å². The van der Waals surface area contributed by atoms with E-state index in [-0.39, 0.29) is 12.5 Å². The van der Waals surface area contributed by atoms with E-state index in [4.69, 9.17) is 4.74 Å². The number of carbonyl (C=O) groups is 3. The van der Waals surface area contributed by atoms with Gasteiger partial charge in [0, 0.05) is 9.26 Å².